The van der Waals surface area contributed by atoms with Crippen LogP contribution in [0.25, 0.3) is 0 Å². The zero-order valence-electron chi connectivity index (χ0n) is 7.58. The van der Waals surface area contributed by atoms with E-state index in [-0.39, 0.29) is 0 Å². The average Bonchev–Trinajstić information content (AvgIpc) is 1.99. The molecule has 2 heteroatoms. The van der Waals surface area contributed by atoms with Gasteiger partial charge in [0, 0.05) is 12.6 Å². The predicted molar refractivity (Wildman–Crippen MR) is 46.5 cm³/mol. The van der Waals surface area contributed by atoms with Crippen molar-refractivity contribution in [1.29, 1.82) is 0 Å². The highest BCUT2D eigenvalue weighted by Gasteiger charge is 2.23. The van der Waals surface area contributed by atoms with Crippen LogP contribution in [0.1, 0.15) is 26.7 Å². The second-order valence-corrected chi connectivity index (χ2v) is 3.62. The molecule has 0 unspecified atom stereocenters. The Morgan fingerprint density at radius 3 is 2.82 bits per heavy atom. The van der Waals surface area contributed by atoms with Crippen molar-refractivity contribution in [3.8, 4) is 0 Å². The molecule has 1 aliphatic rings. The van der Waals surface area contributed by atoms with Crippen LogP contribution in [0.4, 0.5) is 0 Å². The number of aliphatic hydroxyl groups is 1. The Morgan fingerprint density at radius 1 is 1.45 bits per heavy atom. The molecule has 11 heavy (non-hydrogen) atoms. The number of rotatable bonds is 2. The largest absolute Gasteiger partial charge is 0.395 e. The maximum atomic E-state index is 8.78. The van der Waals surface area contributed by atoms with Crippen LogP contribution in [0.5, 0.6) is 0 Å². The van der Waals surface area contributed by atoms with E-state index in [0.717, 1.165) is 12.5 Å². The van der Waals surface area contributed by atoms with Crippen molar-refractivity contribution >= 4 is 0 Å². The van der Waals surface area contributed by atoms with Crippen LogP contribution in [0.15, 0.2) is 0 Å². The highest BCUT2D eigenvalue weighted by Crippen LogP contribution is 2.21. The summed E-state index contributed by atoms with van der Waals surface area (Å²) >= 11 is 0. The fourth-order valence-electron chi connectivity index (χ4n) is 1.86. The molecule has 1 aliphatic heterocycles. The summed E-state index contributed by atoms with van der Waals surface area (Å²) in [6.45, 7) is 6.89. The molecule has 66 valence electrons. The number of likely N-dealkylation sites (tertiary alicyclic amines) is 1. The quantitative estimate of drug-likeness (QED) is 0.649. The molecule has 1 saturated heterocycles. The van der Waals surface area contributed by atoms with Gasteiger partial charge in [0.15, 0.2) is 0 Å². The van der Waals surface area contributed by atoms with Gasteiger partial charge >= 0.3 is 0 Å². The zero-order chi connectivity index (χ0) is 8.27. The minimum Gasteiger partial charge on any atom is -0.395 e. The molecule has 0 radical (unpaired) electrons. The number of β-amino-alcohol motifs (C(OH)–C–C–N with tert-alkyl or cyclic N) is 1. The molecule has 0 bridgehead atoms. The third kappa shape index (κ3) is 2.17. The average molecular weight is 157 g/mol. The van der Waals surface area contributed by atoms with Crippen molar-refractivity contribution in [2.24, 2.45) is 5.92 Å². The molecule has 1 N–H and O–H groups in total. The summed E-state index contributed by atoms with van der Waals surface area (Å²) in [4.78, 5) is 2.38. The van der Waals surface area contributed by atoms with Crippen LogP contribution in [0, 0.1) is 5.92 Å². The Bertz CT molecular complexity index is 114. The summed E-state index contributed by atoms with van der Waals surface area (Å²) in [5.41, 5.74) is 0. The lowest BCUT2D eigenvalue weighted by Gasteiger charge is -2.37. The molecule has 2 atom stereocenters. The van der Waals surface area contributed by atoms with E-state index in [0.29, 0.717) is 12.6 Å². The van der Waals surface area contributed by atoms with E-state index >= 15 is 0 Å². The minimum atomic E-state index is 0.303. The first kappa shape index (κ1) is 9.01. The van der Waals surface area contributed by atoms with E-state index in [1.165, 1.54) is 19.4 Å². The van der Waals surface area contributed by atoms with Crippen molar-refractivity contribution in [3.63, 3.8) is 0 Å². The molecule has 2 nitrogen and oxygen atoms in total. The Morgan fingerprint density at radius 2 is 2.18 bits per heavy atom. The van der Waals surface area contributed by atoms with Crippen LogP contribution in [-0.4, -0.2) is 35.7 Å². The molecule has 0 aliphatic carbocycles. The van der Waals surface area contributed by atoms with E-state index in [9.17, 15) is 0 Å². The summed E-state index contributed by atoms with van der Waals surface area (Å²) in [5.74, 6) is 0.801. The van der Waals surface area contributed by atoms with Crippen molar-refractivity contribution in [2.45, 2.75) is 32.7 Å². The van der Waals surface area contributed by atoms with Gasteiger partial charge in [-0.2, -0.15) is 0 Å². The molecule has 1 rings (SSSR count). The van der Waals surface area contributed by atoms with Crippen LogP contribution in [0.2, 0.25) is 0 Å². The molecule has 1 heterocycles. The van der Waals surface area contributed by atoms with Crippen LogP contribution in [-0.2, 0) is 0 Å². The van der Waals surface area contributed by atoms with Crippen molar-refractivity contribution in [2.75, 3.05) is 19.7 Å². The summed E-state index contributed by atoms with van der Waals surface area (Å²) in [7, 11) is 0. The molecule has 0 spiro atoms. The maximum absolute atomic E-state index is 8.78. The van der Waals surface area contributed by atoms with E-state index in [4.69, 9.17) is 5.11 Å². The first-order valence-corrected chi connectivity index (χ1v) is 4.60. The van der Waals surface area contributed by atoms with Gasteiger partial charge in [0.25, 0.3) is 0 Å². The van der Waals surface area contributed by atoms with E-state index in [2.05, 4.69) is 18.7 Å². The molecule has 0 aromatic heterocycles. The maximum Gasteiger partial charge on any atom is 0.0558 e. The first-order valence-electron chi connectivity index (χ1n) is 4.60. The minimum absolute atomic E-state index is 0.303. The van der Waals surface area contributed by atoms with E-state index in [1.807, 2.05) is 0 Å². The topological polar surface area (TPSA) is 23.5 Å². The van der Waals surface area contributed by atoms with Crippen molar-refractivity contribution < 1.29 is 5.11 Å². The van der Waals surface area contributed by atoms with Gasteiger partial charge < -0.3 is 5.11 Å². The van der Waals surface area contributed by atoms with Gasteiger partial charge in [-0.1, -0.05) is 6.92 Å². The van der Waals surface area contributed by atoms with Gasteiger partial charge in [-0.05, 0) is 32.2 Å². The number of aliphatic hydroxyl groups excluding tert-OH is 1. The lowest BCUT2D eigenvalue weighted by Crippen LogP contribution is -2.43. The second kappa shape index (κ2) is 4.07. The highest BCUT2D eigenvalue weighted by atomic mass is 16.3. The summed E-state index contributed by atoms with van der Waals surface area (Å²) in [5, 5.41) is 8.78. The lowest BCUT2D eigenvalue weighted by atomic mass is 9.92. The molecule has 0 saturated carbocycles. The molecule has 0 aromatic rings. The monoisotopic (exact) mass is 157 g/mol. The fraction of sp³-hybridized carbons (Fsp3) is 1.00. The van der Waals surface area contributed by atoms with E-state index < -0.39 is 0 Å². The van der Waals surface area contributed by atoms with Gasteiger partial charge in [0.1, 0.15) is 0 Å². The van der Waals surface area contributed by atoms with Gasteiger partial charge in [0.2, 0.25) is 0 Å². The highest BCUT2D eigenvalue weighted by molar-refractivity contribution is 4.77. The number of nitrogens with zero attached hydrogens (tertiary/aromatic N) is 1. The SMILES string of the molecule is C[C@H]1CCCN(CCO)[C@H]1C. The second-order valence-electron chi connectivity index (χ2n) is 3.62. The van der Waals surface area contributed by atoms with Crippen LogP contribution in [0.3, 0.4) is 0 Å². The summed E-state index contributed by atoms with van der Waals surface area (Å²) < 4.78 is 0. The number of hydrogen-bond donors (Lipinski definition) is 1. The van der Waals surface area contributed by atoms with Crippen LogP contribution >= 0.6 is 0 Å². The van der Waals surface area contributed by atoms with Crippen molar-refractivity contribution in [1.82, 2.24) is 4.90 Å². The Balaban J connectivity index is 2.38. The van der Waals surface area contributed by atoms with Gasteiger partial charge in [0.05, 0.1) is 6.61 Å². The molecular formula is C9H19NO. The molecule has 1 fully saturated rings. The number of piperidine rings is 1. The standard InChI is InChI=1S/C9H19NO/c1-8-4-3-5-10(6-7-11)9(8)2/h8-9,11H,3-7H2,1-2H3/t8-,9-/m0/s1. The Kier molecular flexibility index (Phi) is 3.34. The van der Waals surface area contributed by atoms with E-state index in [1.54, 1.807) is 0 Å². The number of hydrogen-bond acceptors (Lipinski definition) is 2. The third-order valence-corrected chi connectivity index (χ3v) is 2.89. The molecule has 0 aromatic carbocycles. The van der Waals surface area contributed by atoms with Gasteiger partial charge in [-0.3, -0.25) is 4.90 Å². The van der Waals surface area contributed by atoms with Gasteiger partial charge in [-0.25, -0.2) is 0 Å². The normalized spacial score (nSPS) is 34.1. The third-order valence-electron chi connectivity index (χ3n) is 2.89. The smallest absolute Gasteiger partial charge is 0.0558 e. The molecular weight excluding hydrogens is 138 g/mol. The Hall–Kier alpha value is -0.0800. The zero-order valence-corrected chi connectivity index (χ0v) is 7.58. The fourth-order valence-corrected chi connectivity index (χ4v) is 1.86. The Labute approximate surface area is 69.2 Å². The first-order chi connectivity index (χ1) is 5.25. The van der Waals surface area contributed by atoms with Crippen LogP contribution < -0.4 is 0 Å². The van der Waals surface area contributed by atoms with Crippen molar-refractivity contribution in [3.05, 3.63) is 0 Å². The summed E-state index contributed by atoms with van der Waals surface area (Å²) in [6, 6.07) is 0.663. The predicted octanol–water partition coefficient (Wildman–Crippen LogP) is 1.10. The lowest BCUT2D eigenvalue weighted by molar-refractivity contribution is 0.0911. The van der Waals surface area contributed by atoms with Gasteiger partial charge in [-0.15, -0.1) is 0 Å². The molecule has 0 amide bonds. The summed E-state index contributed by atoms with van der Waals surface area (Å²) in [6.07, 6.45) is 2.65.